The molecule has 0 bridgehead atoms. The van der Waals surface area contributed by atoms with Crippen LogP contribution < -0.4 is 10.1 Å². The lowest BCUT2D eigenvalue weighted by Gasteiger charge is -2.09. The molecule has 3 nitrogen and oxygen atoms in total. The summed E-state index contributed by atoms with van der Waals surface area (Å²) in [6.07, 6.45) is 10.1. The molecule has 0 spiro atoms. The van der Waals surface area contributed by atoms with Gasteiger partial charge in [-0.2, -0.15) is 0 Å². The molecule has 25 heavy (non-hydrogen) atoms. The number of aromatic nitrogens is 1. The quantitative estimate of drug-likeness (QED) is 0.509. The average Bonchev–Trinajstić information content (AvgIpc) is 3.11. The number of ether oxygens (including phenoxy) is 1. The molecule has 0 fully saturated rings. The van der Waals surface area contributed by atoms with E-state index in [2.05, 4.69) is 35.8 Å². The molecule has 0 amide bonds. The van der Waals surface area contributed by atoms with Gasteiger partial charge in [0.1, 0.15) is 5.75 Å². The summed E-state index contributed by atoms with van der Waals surface area (Å²) in [5.74, 6) is 0.914. The Kier molecular flexibility index (Phi) is 8.98. The van der Waals surface area contributed by atoms with Gasteiger partial charge in [-0.05, 0) is 37.6 Å². The van der Waals surface area contributed by atoms with Gasteiger partial charge in [0.05, 0.1) is 17.8 Å². The van der Waals surface area contributed by atoms with Crippen molar-refractivity contribution >= 4 is 11.3 Å². The van der Waals surface area contributed by atoms with Crippen LogP contribution in [-0.2, 0) is 12.8 Å². The van der Waals surface area contributed by atoms with Crippen molar-refractivity contribution in [2.75, 3.05) is 20.7 Å². The van der Waals surface area contributed by atoms with E-state index in [4.69, 9.17) is 9.72 Å². The fraction of sp³-hybridized carbons (Fsp3) is 0.571. The van der Waals surface area contributed by atoms with Crippen LogP contribution in [0.4, 0.5) is 0 Å². The molecule has 0 saturated carbocycles. The lowest BCUT2D eigenvalue weighted by Crippen LogP contribution is -2.09. The second kappa shape index (κ2) is 11.3. The van der Waals surface area contributed by atoms with Crippen LogP contribution in [-0.4, -0.2) is 25.7 Å². The van der Waals surface area contributed by atoms with Gasteiger partial charge in [0.2, 0.25) is 0 Å². The highest BCUT2D eigenvalue weighted by Crippen LogP contribution is 2.32. The molecule has 0 radical (unpaired) electrons. The highest BCUT2D eigenvalue weighted by atomic mass is 32.1. The standard InChI is InChI=1S/C21H32N2OS/c1-4-5-6-7-8-9-10-17-11-12-20(24-3)18(15-17)19-16-25-21(23-19)13-14-22-2/h11-12,15-16,22H,4-10,13-14H2,1-3H3. The molecule has 0 atom stereocenters. The molecule has 0 aliphatic rings. The Morgan fingerprint density at radius 2 is 1.88 bits per heavy atom. The van der Waals surface area contributed by atoms with Crippen LogP contribution in [0, 0.1) is 0 Å². The summed E-state index contributed by atoms with van der Waals surface area (Å²) in [6.45, 7) is 3.23. The number of methoxy groups -OCH3 is 1. The van der Waals surface area contributed by atoms with E-state index in [-0.39, 0.29) is 0 Å². The first-order chi connectivity index (χ1) is 12.3. The molecule has 0 unspecified atom stereocenters. The normalized spacial score (nSPS) is 11.0. The van der Waals surface area contributed by atoms with Crippen molar-refractivity contribution in [1.82, 2.24) is 10.3 Å². The SMILES string of the molecule is CCCCCCCCc1ccc(OC)c(-c2csc(CCNC)n2)c1. The first-order valence-corrected chi connectivity index (χ1v) is 10.4. The van der Waals surface area contributed by atoms with Crippen molar-refractivity contribution in [3.63, 3.8) is 0 Å². The number of aryl methyl sites for hydroxylation is 1. The highest BCUT2D eigenvalue weighted by molar-refractivity contribution is 7.09. The molecule has 2 aromatic rings. The van der Waals surface area contributed by atoms with E-state index in [0.717, 1.165) is 36.4 Å². The molecule has 2 rings (SSSR count). The van der Waals surface area contributed by atoms with Crippen molar-refractivity contribution in [1.29, 1.82) is 0 Å². The maximum atomic E-state index is 5.57. The number of unbranched alkanes of at least 4 members (excludes halogenated alkanes) is 5. The number of likely N-dealkylation sites (N-methyl/N-ethyl adjacent to an activating group) is 1. The lowest BCUT2D eigenvalue weighted by molar-refractivity contribution is 0.416. The molecule has 1 heterocycles. The summed E-state index contributed by atoms with van der Waals surface area (Å²) in [6, 6.07) is 6.55. The third-order valence-electron chi connectivity index (χ3n) is 4.50. The highest BCUT2D eigenvalue weighted by Gasteiger charge is 2.11. The fourth-order valence-corrected chi connectivity index (χ4v) is 3.80. The zero-order valence-corrected chi connectivity index (χ0v) is 16.8. The number of rotatable bonds is 12. The first-order valence-electron chi connectivity index (χ1n) is 9.54. The second-order valence-electron chi connectivity index (χ2n) is 6.53. The van der Waals surface area contributed by atoms with Gasteiger partial charge in [-0.1, -0.05) is 45.1 Å². The zero-order valence-electron chi connectivity index (χ0n) is 15.9. The second-order valence-corrected chi connectivity index (χ2v) is 7.48. The molecule has 1 aromatic heterocycles. The number of benzene rings is 1. The van der Waals surface area contributed by atoms with Gasteiger partial charge in [-0.3, -0.25) is 0 Å². The van der Waals surface area contributed by atoms with Crippen molar-refractivity contribution in [2.45, 2.75) is 58.3 Å². The van der Waals surface area contributed by atoms with E-state index in [9.17, 15) is 0 Å². The summed E-state index contributed by atoms with van der Waals surface area (Å²) in [5.41, 5.74) is 3.55. The van der Waals surface area contributed by atoms with E-state index in [1.54, 1.807) is 18.4 Å². The van der Waals surface area contributed by atoms with Crippen molar-refractivity contribution < 1.29 is 4.74 Å². The maximum Gasteiger partial charge on any atom is 0.128 e. The molecule has 4 heteroatoms. The van der Waals surface area contributed by atoms with Gasteiger partial charge in [0, 0.05) is 23.9 Å². The number of nitrogens with zero attached hydrogens (tertiary/aromatic N) is 1. The van der Waals surface area contributed by atoms with Gasteiger partial charge in [-0.25, -0.2) is 4.98 Å². The fourth-order valence-electron chi connectivity index (χ4n) is 3.00. The number of hydrogen-bond donors (Lipinski definition) is 1. The first kappa shape index (κ1) is 19.9. The minimum absolute atomic E-state index is 0.914. The molecule has 0 aliphatic heterocycles. The predicted octanol–water partition coefficient (Wildman–Crippen LogP) is 5.48. The van der Waals surface area contributed by atoms with Gasteiger partial charge in [0.25, 0.3) is 0 Å². The minimum Gasteiger partial charge on any atom is -0.496 e. The predicted molar refractivity (Wildman–Crippen MR) is 109 cm³/mol. The van der Waals surface area contributed by atoms with Crippen molar-refractivity contribution in [2.24, 2.45) is 0 Å². The van der Waals surface area contributed by atoms with Crippen LogP contribution in [0.5, 0.6) is 5.75 Å². The van der Waals surface area contributed by atoms with E-state index in [1.807, 2.05) is 7.05 Å². The number of thiazole rings is 1. The molecule has 0 aliphatic carbocycles. The van der Waals surface area contributed by atoms with Gasteiger partial charge >= 0.3 is 0 Å². The van der Waals surface area contributed by atoms with Crippen molar-refractivity contribution in [3.05, 3.63) is 34.2 Å². The van der Waals surface area contributed by atoms with Crippen LogP contribution in [0.25, 0.3) is 11.3 Å². The minimum atomic E-state index is 0.914. The van der Waals surface area contributed by atoms with Crippen molar-refractivity contribution in [3.8, 4) is 17.0 Å². The summed E-state index contributed by atoms with van der Waals surface area (Å²) in [7, 11) is 3.71. The monoisotopic (exact) mass is 360 g/mol. The Labute approximate surface area is 156 Å². The van der Waals surface area contributed by atoms with Crippen LogP contribution in [0.15, 0.2) is 23.6 Å². The number of nitrogens with one attached hydrogen (secondary N) is 1. The van der Waals surface area contributed by atoms with E-state index in [1.165, 1.54) is 49.1 Å². The van der Waals surface area contributed by atoms with E-state index >= 15 is 0 Å². The van der Waals surface area contributed by atoms with Gasteiger partial charge in [-0.15, -0.1) is 11.3 Å². The smallest absolute Gasteiger partial charge is 0.128 e. The summed E-state index contributed by atoms with van der Waals surface area (Å²) < 4.78 is 5.57. The Bertz CT molecular complexity index is 624. The third-order valence-corrected chi connectivity index (χ3v) is 5.41. The van der Waals surface area contributed by atoms with Crippen LogP contribution in [0.2, 0.25) is 0 Å². The van der Waals surface area contributed by atoms with E-state index in [0.29, 0.717) is 0 Å². The molecular weight excluding hydrogens is 328 g/mol. The molecule has 1 aromatic carbocycles. The van der Waals surface area contributed by atoms with Gasteiger partial charge < -0.3 is 10.1 Å². The van der Waals surface area contributed by atoms with Crippen LogP contribution >= 0.6 is 11.3 Å². The molecule has 1 N–H and O–H groups in total. The van der Waals surface area contributed by atoms with Crippen LogP contribution in [0.1, 0.15) is 56.0 Å². The van der Waals surface area contributed by atoms with Crippen LogP contribution in [0.3, 0.4) is 0 Å². The topological polar surface area (TPSA) is 34.1 Å². The Balaban J connectivity index is 2.00. The number of hydrogen-bond acceptors (Lipinski definition) is 4. The summed E-state index contributed by atoms with van der Waals surface area (Å²) >= 11 is 1.73. The maximum absolute atomic E-state index is 5.57. The third kappa shape index (κ3) is 6.44. The van der Waals surface area contributed by atoms with Gasteiger partial charge in [0.15, 0.2) is 0 Å². The Morgan fingerprint density at radius 1 is 1.08 bits per heavy atom. The van der Waals surface area contributed by atoms with E-state index < -0.39 is 0 Å². The molecule has 138 valence electrons. The zero-order chi connectivity index (χ0) is 17.9. The summed E-state index contributed by atoms with van der Waals surface area (Å²) in [5, 5.41) is 6.50. The lowest BCUT2D eigenvalue weighted by atomic mass is 10.0. The largest absolute Gasteiger partial charge is 0.496 e. The molecule has 0 saturated heterocycles. The molecular formula is C21H32N2OS. The Morgan fingerprint density at radius 3 is 2.64 bits per heavy atom. The summed E-state index contributed by atoms with van der Waals surface area (Å²) in [4.78, 5) is 4.80. The Hall–Kier alpha value is -1.39. The average molecular weight is 361 g/mol.